The van der Waals surface area contributed by atoms with Gasteiger partial charge in [-0.1, -0.05) is 13.8 Å². The Bertz CT molecular complexity index is 428. The molecule has 2 N–H and O–H groups in total. The molecule has 1 heterocycles. The fraction of sp³-hybridized carbons (Fsp3) is 0.636. The van der Waals surface area contributed by atoms with Crippen molar-refractivity contribution >= 4 is 11.7 Å². The summed E-state index contributed by atoms with van der Waals surface area (Å²) in [7, 11) is 0. The smallest absolute Gasteiger partial charge is 0.382 e. The monoisotopic (exact) mass is 278 g/mol. The lowest BCUT2D eigenvalue weighted by atomic mass is 10.2. The predicted molar refractivity (Wildman–Crippen MR) is 64.1 cm³/mol. The van der Waals surface area contributed by atoms with E-state index in [2.05, 4.69) is 5.10 Å². The number of nitrogens with two attached hydrogens (primary N) is 1. The van der Waals surface area contributed by atoms with Crippen molar-refractivity contribution in [2.24, 2.45) is 5.92 Å². The van der Waals surface area contributed by atoms with Crippen LogP contribution in [0.3, 0.4) is 0 Å². The number of hydrogen-bond acceptors (Lipinski definition) is 3. The Morgan fingerprint density at radius 1 is 1.53 bits per heavy atom. The number of nitrogen functional groups attached to an aromatic ring is 1. The summed E-state index contributed by atoms with van der Waals surface area (Å²) < 4.78 is 38.5. The van der Waals surface area contributed by atoms with Gasteiger partial charge in [-0.25, -0.2) is 0 Å². The molecule has 1 amide bonds. The molecule has 0 saturated heterocycles. The summed E-state index contributed by atoms with van der Waals surface area (Å²) in [5.41, 5.74) is 5.38. The number of carbonyl (C=O) groups is 1. The van der Waals surface area contributed by atoms with E-state index in [1.165, 1.54) is 16.9 Å². The highest BCUT2D eigenvalue weighted by atomic mass is 19.4. The molecular weight excluding hydrogens is 261 g/mol. The molecule has 0 aliphatic carbocycles. The number of aromatic nitrogens is 2. The zero-order valence-corrected chi connectivity index (χ0v) is 10.8. The molecule has 0 unspecified atom stereocenters. The molecule has 0 aliphatic heterocycles. The van der Waals surface area contributed by atoms with E-state index in [0.29, 0.717) is 0 Å². The molecular formula is C11H17F3N4O. The molecule has 0 atom stereocenters. The first-order valence-corrected chi connectivity index (χ1v) is 5.81. The van der Waals surface area contributed by atoms with Gasteiger partial charge in [-0.3, -0.25) is 9.48 Å². The number of anilines is 1. The van der Waals surface area contributed by atoms with Gasteiger partial charge < -0.3 is 10.6 Å². The second-order valence-electron chi connectivity index (χ2n) is 4.72. The number of hydrogen-bond donors (Lipinski definition) is 1. The van der Waals surface area contributed by atoms with Gasteiger partial charge >= 0.3 is 6.18 Å². The molecule has 108 valence electrons. The van der Waals surface area contributed by atoms with E-state index in [9.17, 15) is 18.0 Å². The maximum atomic E-state index is 12.4. The molecule has 0 fully saturated rings. The van der Waals surface area contributed by atoms with Crippen molar-refractivity contribution in [3.05, 3.63) is 12.3 Å². The van der Waals surface area contributed by atoms with Gasteiger partial charge in [0.2, 0.25) is 5.91 Å². The minimum absolute atomic E-state index is 0.0472. The first-order chi connectivity index (χ1) is 8.67. The molecule has 0 aliphatic rings. The summed E-state index contributed by atoms with van der Waals surface area (Å²) >= 11 is 0. The maximum Gasteiger partial charge on any atom is 0.406 e. The molecule has 1 aromatic rings. The van der Waals surface area contributed by atoms with Crippen LogP contribution in [0.15, 0.2) is 12.3 Å². The van der Waals surface area contributed by atoms with E-state index in [1.807, 2.05) is 0 Å². The third kappa shape index (κ3) is 5.62. The Hall–Kier alpha value is -1.73. The molecule has 0 bridgehead atoms. The molecule has 0 aromatic carbocycles. The lowest BCUT2D eigenvalue weighted by Crippen LogP contribution is -2.42. The molecule has 0 radical (unpaired) electrons. The van der Waals surface area contributed by atoms with Gasteiger partial charge in [0.25, 0.3) is 0 Å². The number of rotatable bonds is 5. The Balaban J connectivity index is 2.70. The van der Waals surface area contributed by atoms with Gasteiger partial charge in [0.15, 0.2) is 0 Å². The zero-order chi connectivity index (χ0) is 14.6. The number of amides is 1. The Kier molecular flexibility index (Phi) is 4.79. The average Bonchev–Trinajstić information content (AvgIpc) is 2.60. The summed E-state index contributed by atoms with van der Waals surface area (Å²) in [5, 5.41) is 3.77. The van der Waals surface area contributed by atoms with Crippen LogP contribution in [0.4, 0.5) is 19.0 Å². The Morgan fingerprint density at radius 3 is 2.58 bits per heavy atom. The molecule has 1 aromatic heterocycles. The van der Waals surface area contributed by atoms with Crippen LogP contribution in [-0.4, -0.2) is 39.9 Å². The van der Waals surface area contributed by atoms with Gasteiger partial charge in [0, 0.05) is 12.7 Å². The Morgan fingerprint density at radius 2 is 2.16 bits per heavy atom. The van der Waals surface area contributed by atoms with E-state index in [0.717, 1.165) is 4.90 Å². The van der Waals surface area contributed by atoms with Crippen LogP contribution < -0.4 is 5.73 Å². The number of carbonyl (C=O) groups excluding carboxylic acids is 1. The van der Waals surface area contributed by atoms with Crippen molar-refractivity contribution in [1.29, 1.82) is 0 Å². The highest BCUT2D eigenvalue weighted by molar-refractivity contribution is 5.76. The van der Waals surface area contributed by atoms with Crippen molar-refractivity contribution in [1.82, 2.24) is 14.7 Å². The molecule has 19 heavy (non-hydrogen) atoms. The van der Waals surface area contributed by atoms with Crippen LogP contribution in [-0.2, 0) is 11.3 Å². The minimum Gasteiger partial charge on any atom is -0.382 e. The van der Waals surface area contributed by atoms with Crippen LogP contribution in [0, 0.1) is 5.92 Å². The maximum absolute atomic E-state index is 12.4. The first kappa shape index (κ1) is 15.3. The minimum atomic E-state index is -4.41. The van der Waals surface area contributed by atoms with E-state index < -0.39 is 18.6 Å². The highest BCUT2D eigenvalue weighted by Gasteiger charge is 2.33. The molecule has 8 heteroatoms. The number of alkyl halides is 3. The van der Waals surface area contributed by atoms with Crippen molar-refractivity contribution in [2.45, 2.75) is 26.6 Å². The standard InChI is InChI=1S/C11H17F3N4O/c1-8(2)5-17(7-11(12,13)14)10(19)6-18-4-3-9(15)16-18/h3-4,8H,5-7H2,1-2H3,(H2,15,16). The second-order valence-corrected chi connectivity index (χ2v) is 4.72. The molecule has 0 spiro atoms. The second kappa shape index (κ2) is 5.94. The largest absolute Gasteiger partial charge is 0.406 e. The molecule has 5 nitrogen and oxygen atoms in total. The van der Waals surface area contributed by atoms with Crippen LogP contribution in [0.25, 0.3) is 0 Å². The number of halogens is 3. The summed E-state index contributed by atoms with van der Waals surface area (Å²) in [6.45, 7) is 2.06. The summed E-state index contributed by atoms with van der Waals surface area (Å²) in [6.07, 6.45) is -2.96. The third-order valence-corrected chi connectivity index (χ3v) is 2.27. The molecule has 1 rings (SSSR count). The number of nitrogens with zero attached hydrogens (tertiary/aromatic N) is 3. The van der Waals surface area contributed by atoms with E-state index >= 15 is 0 Å². The topological polar surface area (TPSA) is 64.2 Å². The van der Waals surface area contributed by atoms with Crippen LogP contribution in [0.1, 0.15) is 13.8 Å². The van der Waals surface area contributed by atoms with E-state index in [1.54, 1.807) is 13.8 Å². The van der Waals surface area contributed by atoms with Gasteiger partial charge in [-0.2, -0.15) is 18.3 Å². The Labute approximate surface area is 109 Å². The van der Waals surface area contributed by atoms with Gasteiger partial charge in [-0.05, 0) is 12.0 Å². The van der Waals surface area contributed by atoms with Crippen molar-refractivity contribution < 1.29 is 18.0 Å². The lowest BCUT2D eigenvalue weighted by Gasteiger charge is -2.25. The third-order valence-electron chi connectivity index (χ3n) is 2.27. The van der Waals surface area contributed by atoms with Crippen LogP contribution in [0.2, 0.25) is 0 Å². The summed E-state index contributed by atoms with van der Waals surface area (Å²) in [5.74, 6) is -0.456. The van der Waals surface area contributed by atoms with Crippen molar-refractivity contribution in [2.75, 3.05) is 18.8 Å². The van der Waals surface area contributed by atoms with Crippen molar-refractivity contribution in [3.63, 3.8) is 0 Å². The fourth-order valence-corrected chi connectivity index (χ4v) is 1.62. The lowest BCUT2D eigenvalue weighted by molar-refractivity contribution is -0.162. The zero-order valence-electron chi connectivity index (χ0n) is 10.8. The SMILES string of the molecule is CC(C)CN(CC(F)(F)F)C(=O)Cn1ccc(N)n1. The van der Waals surface area contributed by atoms with E-state index in [-0.39, 0.29) is 24.8 Å². The summed E-state index contributed by atoms with van der Waals surface area (Å²) in [6, 6.07) is 1.48. The predicted octanol–water partition coefficient (Wildman–Crippen LogP) is 1.51. The quantitative estimate of drug-likeness (QED) is 0.888. The van der Waals surface area contributed by atoms with Gasteiger partial charge in [-0.15, -0.1) is 0 Å². The highest BCUT2D eigenvalue weighted by Crippen LogP contribution is 2.17. The molecule has 0 saturated carbocycles. The summed E-state index contributed by atoms with van der Waals surface area (Å²) in [4.78, 5) is 12.7. The van der Waals surface area contributed by atoms with Gasteiger partial charge in [0.1, 0.15) is 18.9 Å². The average molecular weight is 278 g/mol. The van der Waals surface area contributed by atoms with Crippen molar-refractivity contribution in [3.8, 4) is 0 Å². The first-order valence-electron chi connectivity index (χ1n) is 5.81. The van der Waals surface area contributed by atoms with Crippen LogP contribution >= 0.6 is 0 Å². The van der Waals surface area contributed by atoms with E-state index in [4.69, 9.17) is 5.73 Å². The fourth-order valence-electron chi connectivity index (χ4n) is 1.62. The van der Waals surface area contributed by atoms with Crippen LogP contribution in [0.5, 0.6) is 0 Å². The van der Waals surface area contributed by atoms with Gasteiger partial charge in [0.05, 0.1) is 0 Å². The normalized spacial score (nSPS) is 11.9.